The first-order valence-electron chi connectivity index (χ1n) is 11.8. The minimum Gasteiger partial charge on any atom is -0.394 e. The van der Waals surface area contributed by atoms with E-state index in [4.69, 9.17) is 23.7 Å². The Morgan fingerprint density at radius 1 is 0.944 bits per heavy atom. The van der Waals surface area contributed by atoms with E-state index in [9.17, 15) is 45.6 Å². The van der Waals surface area contributed by atoms with Gasteiger partial charge in [-0.3, -0.25) is 4.79 Å². The minimum atomic E-state index is -1.81. The molecular formula is C21H37NO14. The van der Waals surface area contributed by atoms with Crippen LogP contribution in [0.4, 0.5) is 0 Å². The van der Waals surface area contributed by atoms with E-state index in [1.54, 1.807) is 0 Å². The molecule has 3 fully saturated rings. The van der Waals surface area contributed by atoms with Crippen LogP contribution >= 0.6 is 0 Å². The zero-order valence-electron chi connectivity index (χ0n) is 20.1. The largest absolute Gasteiger partial charge is 0.394 e. The summed E-state index contributed by atoms with van der Waals surface area (Å²) in [7, 11) is 0. The molecule has 1 unspecified atom stereocenters. The van der Waals surface area contributed by atoms with Crippen LogP contribution < -0.4 is 5.32 Å². The molecule has 15 heteroatoms. The molecule has 9 N–H and O–H groups in total. The molecule has 0 aromatic rings. The second kappa shape index (κ2) is 12.2. The maximum absolute atomic E-state index is 11.7. The van der Waals surface area contributed by atoms with Crippen LogP contribution in [0.25, 0.3) is 0 Å². The summed E-state index contributed by atoms with van der Waals surface area (Å²) in [6.07, 6.45) is -19.7. The van der Waals surface area contributed by atoms with E-state index in [-0.39, 0.29) is 6.42 Å². The van der Waals surface area contributed by atoms with E-state index in [1.807, 2.05) is 0 Å². The van der Waals surface area contributed by atoms with E-state index in [2.05, 4.69) is 5.32 Å². The number of aliphatic hydroxyl groups is 8. The van der Waals surface area contributed by atoms with Gasteiger partial charge in [0.15, 0.2) is 18.9 Å². The number of amides is 1. The third kappa shape index (κ3) is 6.32. The Morgan fingerprint density at radius 2 is 1.61 bits per heavy atom. The summed E-state index contributed by atoms with van der Waals surface area (Å²) in [5, 5.41) is 83.5. The molecule has 3 heterocycles. The average molecular weight is 528 g/mol. The zero-order chi connectivity index (χ0) is 26.9. The van der Waals surface area contributed by atoms with Crippen molar-refractivity contribution in [2.24, 2.45) is 0 Å². The Kier molecular flexibility index (Phi) is 10.0. The molecule has 15 atom stereocenters. The van der Waals surface area contributed by atoms with Gasteiger partial charge in [0.1, 0.15) is 48.8 Å². The van der Waals surface area contributed by atoms with Crippen LogP contribution in [0, 0.1) is 0 Å². The van der Waals surface area contributed by atoms with Crippen molar-refractivity contribution in [3.05, 3.63) is 0 Å². The predicted octanol–water partition coefficient (Wildman–Crippen LogP) is -4.98. The maximum atomic E-state index is 11.7. The van der Waals surface area contributed by atoms with Crippen LogP contribution in [0.1, 0.15) is 27.2 Å². The van der Waals surface area contributed by atoms with Crippen molar-refractivity contribution in [3.8, 4) is 0 Å². The third-order valence-electron chi connectivity index (χ3n) is 6.62. The number of carbonyl (C=O) groups is 1. The SMILES string of the molecule is CC(=O)N[C@H]1[C@H](O[C@@H]2[C@@H](O[C@@H](C)[C@H]3OC(O)[C@H](O)[C@@H](O)[C@@H]3O)O[C@H](C)[C@@H](O)[C@@H]2O)O[C@H](CO)C[C@@H]1O. The standard InChI is InChI=1S/C21H37NO14/c1-6-12(26)14(28)18(36-20-11(22-8(3)24)10(25)4-9(5-23)34-20)21(32-6)33-7(2)17-15(29)13(27)16(30)19(31)35-17/h6-7,9-21,23,25-31H,4-5H2,1-3H3,(H,22,24)/t6-,7+,9+,10+,11-,12-,13+,14+,15+,16-,17-,18+,19?,20+,21-/m1/s1. The van der Waals surface area contributed by atoms with Gasteiger partial charge in [0, 0.05) is 13.3 Å². The van der Waals surface area contributed by atoms with Crippen LogP contribution in [0.2, 0.25) is 0 Å². The summed E-state index contributed by atoms with van der Waals surface area (Å²) >= 11 is 0. The van der Waals surface area contributed by atoms with E-state index >= 15 is 0 Å². The van der Waals surface area contributed by atoms with Crippen molar-refractivity contribution in [1.82, 2.24) is 5.32 Å². The van der Waals surface area contributed by atoms with E-state index in [0.29, 0.717) is 0 Å². The fourth-order valence-electron chi connectivity index (χ4n) is 4.54. The average Bonchev–Trinajstić information content (AvgIpc) is 2.82. The van der Waals surface area contributed by atoms with Gasteiger partial charge in [0.25, 0.3) is 0 Å². The number of hydrogen-bond acceptors (Lipinski definition) is 14. The van der Waals surface area contributed by atoms with Crippen molar-refractivity contribution in [2.45, 2.75) is 119 Å². The van der Waals surface area contributed by atoms with Gasteiger partial charge in [0.2, 0.25) is 5.91 Å². The normalized spacial score (nSPS) is 48.9. The van der Waals surface area contributed by atoms with Crippen molar-refractivity contribution < 1.29 is 69.3 Å². The van der Waals surface area contributed by atoms with Crippen molar-refractivity contribution in [3.63, 3.8) is 0 Å². The molecule has 0 aromatic heterocycles. The summed E-state index contributed by atoms with van der Waals surface area (Å²) in [6.45, 7) is 3.63. The highest BCUT2D eigenvalue weighted by atomic mass is 16.8. The van der Waals surface area contributed by atoms with Crippen LogP contribution in [-0.4, -0.2) is 145 Å². The second-order valence-electron chi connectivity index (χ2n) is 9.43. The lowest BCUT2D eigenvalue weighted by atomic mass is 9.95. The Bertz CT molecular complexity index is 731. The monoisotopic (exact) mass is 527 g/mol. The Balaban J connectivity index is 1.80. The first-order chi connectivity index (χ1) is 16.8. The predicted molar refractivity (Wildman–Crippen MR) is 115 cm³/mol. The molecule has 0 aliphatic carbocycles. The first kappa shape index (κ1) is 29.5. The molecule has 3 aliphatic heterocycles. The summed E-state index contributed by atoms with van der Waals surface area (Å²) in [5.41, 5.74) is 0. The van der Waals surface area contributed by atoms with Crippen molar-refractivity contribution in [2.75, 3.05) is 6.61 Å². The minimum absolute atomic E-state index is 0.00490. The molecule has 15 nitrogen and oxygen atoms in total. The van der Waals surface area contributed by atoms with Gasteiger partial charge in [-0.1, -0.05) is 0 Å². The number of hydrogen-bond donors (Lipinski definition) is 9. The first-order valence-corrected chi connectivity index (χ1v) is 11.8. The molecule has 210 valence electrons. The molecule has 0 spiro atoms. The summed E-state index contributed by atoms with van der Waals surface area (Å²) < 4.78 is 28.2. The molecule has 0 saturated carbocycles. The smallest absolute Gasteiger partial charge is 0.217 e. The lowest BCUT2D eigenvalue weighted by Crippen LogP contribution is -2.65. The Labute approximate surface area is 207 Å². The van der Waals surface area contributed by atoms with Crippen LogP contribution in [0.15, 0.2) is 0 Å². The highest BCUT2D eigenvalue weighted by Gasteiger charge is 2.51. The fourth-order valence-corrected chi connectivity index (χ4v) is 4.54. The van der Waals surface area contributed by atoms with Crippen molar-refractivity contribution >= 4 is 5.91 Å². The Hall–Kier alpha value is -1.05. The topological polar surface area (TPSA) is 237 Å². The second-order valence-corrected chi connectivity index (χ2v) is 9.43. The molecular weight excluding hydrogens is 490 g/mol. The highest BCUT2D eigenvalue weighted by Crippen LogP contribution is 2.32. The van der Waals surface area contributed by atoms with Gasteiger partial charge in [0.05, 0.1) is 31.0 Å². The Morgan fingerprint density at radius 3 is 2.22 bits per heavy atom. The number of rotatable bonds is 7. The van der Waals surface area contributed by atoms with Gasteiger partial charge in [-0.2, -0.15) is 0 Å². The van der Waals surface area contributed by atoms with Crippen LogP contribution in [0.5, 0.6) is 0 Å². The van der Waals surface area contributed by atoms with Gasteiger partial charge >= 0.3 is 0 Å². The van der Waals surface area contributed by atoms with Gasteiger partial charge in [-0.15, -0.1) is 0 Å². The fraction of sp³-hybridized carbons (Fsp3) is 0.952. The number of aliphatic hydroxyl groups excluding tert-OH is 8. The van der Waals surface area contributed by atoms with Gasteiger partial charge < -0.3 is 69.9 Å². The third-order valence-corrected chi connectivity index (χ3v) is 6.62. The van der Waals surface area contributed by atoms with E-state index < -0.39 is 105 Å². The quantitative estimate of drug-likeness (QED) is 0.151. The van der Waals surface area contributed by atoms with Gasteiger partial charge in [-0.05, 0) is 13.8 Å². The molecule has 0 radical (unpaired) electrons. The number of carbonyl (C=O) groups excluding carboxylic acids is 1. The molecule has 0 aromatic carbocycles. The molecule has 3 aliphatic rings. The summed E-state index contributed by atoms with van der Waals surface area (Å²) in [4.78, 5) is 11.7. The molecule has 3 rings (SSSR count). The lowest BCUT2D eigenvalue weighted by molar-refractivity contribution is -0.363. The van der Waals surface area contributed by atoms with E-state index in [0.717, 1.165) is 0 Å². The number of nitrogens with one attached hydrogen (secondary N) is 1. The highest BCUT2D eigenvalue weighted by molar-refractivity contribution is 5.73. The van der Waals surface area contributed by atoms with Crippen LogP contribution in [0.3, 0.4) is 0 Å². The van der Waals surface area contributed by atoms with E-state index in [1.165, 1.54) is 20.8 Å². The van der Waals surface area contributed by atoms with Crippen molar-refractivity contribution in [1.29, 1.82) is 0 Å². The zero-order valence-corrected chi connectivity index (χ0v) is 20.1. The number of ether oxygens (including phenoxy) is 5. The summed E-state index contributed by atoms with van der Waals surface area (Å²) in [5.74, 6) is -0.503. The molecule has 0 bridgehead atoms. The van der Waals surface area contributed by atoms with Crippen LogP contribution in [-0.2, 0) is 28.5 Å². The molecule has 1 amide bonds. The molecule has 3 saturated heterocycles. The molecule has 36 heavy (non-hydrogen) atoms. The lowest BCUT2D eigenvalue weighted by Gasteiger charge is -2.47. The van der Waals surface area contributed by atoms with Gasteiger partial charge in [-0.25, -0.2) is 0 Å². The maximum Gasteiger partial charge on any atom is 0.217 e. The summed E-state index contributed by atoms with van der Waals surface area (Å²) in [6, 6.07) is -1.10.